The van der Waals surface area contributed by atoms with Gasteiger partial charge in [-0.3, -0.25) is 14.5 Å². The molecule has 1 N–H and O–H groups in total. The summed E-state index contributed by atoms with van der Waals surface area (Å²) in [6.07, 6.45) is 7.67. The lowest BCUT2D eigenvalue weighted by Gasteiger charge is -2.47. The minimum atomic E-state index is -3.68. The van der Waals surface area contributed by atoms with Gasteiger partial charge in [0.1, 0.15) is 11.4 Å². The second-order valence-electron chi connectivity index (χ2n) is 9.08. The summed E-state index contributed by atoms with van der Waals surface area (Å²) >= 11 is 0. The number of hydrogen-bond acceptors (Lipinski definition) is 4. The minimum Gasteiger partial charge on any atom is -0.351 e. The zero-order chi connectivity index (χ0) is 23.4. The Hall–Kier alpha value is -2.00. The molecule has 2 amide bonds. The van der Waals surface area contributed by atoms with Gasteiger partial charge in [0.05, 0.1) is 12.3 Å². The van der Waals surface area contributed by atoms with Crippen molar-refractivity contribution in [3.05, 3.63) is 30.1 Å². The van der Waals surface area contributed by atoms with E-state index >= 15 is 0 Å². The van der Waals surface area contributed by atoms with Crippen LogP contribution in [0.25, 0.3) is 0 Å². The van der Waals surface area contributed by atoms with E-state index in [2.05, 4.69) is 5.32 Å². The predicted octanol–water partition coefficient (Wildman–Crippen LogP) is 3.20. The number of piperazine rings is 1. The number of anilines is 1. The molecular weight excluding hydrogens is 433 g/mol. The molecule has 0 bridgehead atoms. The lowest BCUT2D eigenvalue weighted by Crippen LogP contribution is -2.71. The van der Waals surface area contributed by atoms with E-state index in [9.17, 15) is 22.4 Å². The van der Waals surface area contributed by atoms with Crippen molar-refractivity contribution < 1.29 is 22.4 Å². The first-order valence-corrected chi connectivity index (χ1v) is 13.2. The van der Waals surface area contributed by atoms with Crippen LogP contribution in [-0.4, -0.2) is 55.0 Å². The second-order valence-corrected chi connectivity index (χ2v) is 11.2. The number of rotatable bonds is 6. The van der Waals surface area contributed by atoms with Crippen molar-refractivity contribution in [3.8, 4) is 0 Å². The predicted molar refractivity (Wildman–Crippen MR) is 122 cm³/mol. The first-order valence-electron chi connectivity index (χ1n) is 11.5. The quantitative estimate of drug-likeness (QED) is 0.696. The molecule has 1 aromatic carbocycles. The van der Waals surface area contributed by atoms with Crippen molar-refractivity contribution in [1.82, 2.24) is 9.62 Å². The standard InChI is InChI=1S/C23H34FN3O4S/c1-3-15-32(30,31)26-16-21(28)27(20-13-11-18(24)12-14-20)23(2,17-26)22(29)25-19-9-7-5-4-6-8-10-19/h11-14,19H,3-10,15-17H2,1-2H3,(H,25,29)/t23-/m0/s1. The normalized spacial score (nSPS) is 24.1. The van der Waals surface area contributed by atoms with E-state index in [1.54, 1.807) is 13.8 Å². The van der Waals surface area contributed by atoms with Gasteiger partial charge in [-0.05, 0) is 50.5 Å². The van der Waals surface area contributed by atoms with Gasteiger partial charge in [0.15, 0.2) is 0 Å². The molecule has 2 fully saturated rings. The molecule has 0 aromatic heterocycles. The molecule has 0 unspecified atom stereocenters. The van der Waals surface area contributed by atoms with Gasteiger partial charge in [0.2, 0.25) is 21.8 Å². The van der Waals surface area contributed by atoms with E-state index in [-0.39, 0.29) is 30.8 Å². The van der Waals surface area contributed by atoms with Gasteiger partial charge in [0.25, 0.3) is 0 Å². The van der Waals surface area contributed by atoms with Gasteiger partial charge < -0.3 is 5.32 Å². The molecule has 7 nitrogen and oxygen atoms in total. The van der Waals surface area contributed by atoms with Crippen molar-refractivity contribution in [3.63, 3.8) is 0 Å². The Kier molecular flexibility index (Phi) is 7.92. The van der Waals surface area contributed by atoms with Crippen LogP contribution in [0.5, 0.6) is 0 Å². The highest BCUT2D eigenvalue weighted by atomic mass is 32.2. The van der Waals surface area contributed by atoms with E-state index in [0.29, 0.717) is 12.1 Å². The van der Waals surface area contributed by atoms with E-state index in [4.69, 9.17) is 0 Å². The van der Waals surface area contributed by atoms with Gasteiger partial charge in [-0.1, -0.05) is 39.0 Å². The summed E-state index contributed by atoms with van der Waals surface area (Å²) in [5, 5.41) is 3.10. The smallest absolute Gasteiger partial charge is 0.247 e. The van der Waals surface area contributed by atoms with Crippen LogP contribution in [0.2, 0.25) is 0 Å². The van der Waals surface area contributed by atoms with Crippen LogP contribution in [0.1, 0.15) is 65.2 Å². The summed E-state index contributed by atoms with van der Waals surface area (Å²) in [6.45, 7) is 2.87. The van der Waals surface area contributed by atoms with E-state index in [1.165, 1.54) is 35.6 Å². The highest BCUT2D eigenvalue weighted by Gasteiger charge is 2.51. The summed E-state index contributed by atoms with van der Waals surface area (Å²) in [7, 11) is -3.68. The molecule has 0 radical (unpaired) electrons. The van der Waals surface area contributed by atoms with Crippen molar-refractivity contribution in [1.29, 1.82) is 0 Å². The fourth-order valence-electron chi connectivity index (χ4n) is 4.68. The van der Waals surface area contributed by atoms with Crippen molar-refractivity contribution in [2.24, 2.45) is 0 Å². The molecular formula is C23H34FN3O4S. The van der Waals surface area contributed by atoms with Crippen molar-refractivity contribution in [2.45, 2.75) is 76.8 Å². The third kappa shape index (κ3) is 5.49. The number of benzene rings is 1. The average Bonchev–Trinajstić information content (AvgIpc) is 2.70. The topological polar surface area (TPSA) is 86.8 Å². The lowest BCUT2D eigenvalue weighted by atomic mass is 9.92. The molecule has 1 saturated heterocycles. The number of carbonyl (C=O) groups is 2. The van der Waals surface area contributed by atoms with Gasteiger partial charge in [-0.15, -0.1) is 0 Å². The number of nitrogens with one attached hydrogen (secondary N) is 1. The Morgan fingerprint density at radius 3 is 2.31 bits per heavy atom. The maximum atomic E-state index is 13.6. The Balaban J connectivity index is 1.93. The molecule has 1 aromatic rings. The molecule has 1 aliphatic heterocycles. The first kappa shape index (κ1) is 24.6. The number of sulfonamides is 1. The Morgan fingerprint density at radius 1 is 1.12 bits per heavy atom. The molecule has 1 aliphatic carbocycles. The molecule has 0 spiro atoms. The van der Waals surface area contributed by atoms with Crippen molar-refractivity contribution in [2.75, 3.05) is 23.7 Å². The summed E-state index contributed by atoms with van der Waals surface area (Å²) in [6, 6.07) is 5.36. The SMILES string of the molecule is CCCS(=O)(=O)N1CC(=O)N(c2ccc(F)cc2)[C@](C)(C(=O)NC2CCCCCCC2)C1. The van der Waals surface area contributed by atoms with Crippen LogP contribution >= 0.6 is 0 Å². The number of halogens is 1. The molecule has 2 aliphatic rings. The van der Waals surface area contributed by atoms with Gasteiger partial charge >= 0.3 is 0 Å². The van der Waals surface area contributed by atoms with Crippen LogP contribution in [-0.2, 0) is 19.6 Å². The highest BCUT2D eigenvalue weighted by molar-refractivity contribution is 7.89. The summed E-state index contributed by atoms with van der Waals surface area (Å²) in [5.74, 6) is -1.42. The lowest BCUT2D eigenvalue weighted by molar-refractivity contribution is -0.133. The van der Waals surface area contributed by atoms with Crippen LogP contribution in [0, 0.1) is 5.82 Å². The summed E-state index contributed by atoms with van der Waals surface area (Å²) in [4.78, 5) is 28.1. The molecule has 178 valence electrons. The Bertz CT molecular complexity index is 914. The maximum absolute atomic E-state index is 13.6. The average molecular weight is 468 g/mol. The van der Waals surface area contributed by atoms with Crippen LogP contribution < -0.4 is 10.2 Å². The summed E-state index contributed by atoms with van der Waals surface area (Å²) in [5.41, 5.74) is -1.07. The van der Waals surface area contributed by atoms with E-state index in [1.807, 2.05) is 0 Å². The van der Waals surface area contributed by atoms with Crippen LogP contribution in [0.3, 0.4) is 0 Å². The largest absolute Gasteiger partial charge is 0.351 e. The van der Waals surface area contributed by atoms with Gasteiger partial charge in [0, 0.05) is 18.3 Å². The number of carbonyl (C=O) groups excluding carboxylic acids is 2. The van der Waals surface area contributed by atoms with Gasteiger partial charge in [-0.25, -0.2) is 12.8 Å². The van der Waals surface area contributed by atoms with Crippen LogP contribution in [0.15, 0.2) is 24.3 Å². The zero-order valence-corrected chi connectivity index (χ0v) is 19.8. The molecule has 1 heterocycles. The molecule has 32 heavy (non-hydrogen) atoms. The minimum absolute atomic E-state index is 0.00702. The Morgan fingerprint density at radius 2 is 1.72 bits per heavy atom. The van der Waals surface area contributed by atoms with Crippen LogP contribution in [0.4, 0.5) is 10.1 Å². The second kappa shape index (κ2) is 10.3. The summed E-state index contributed by atoms with van der Waals surface area (Å²) < 4.78 is 40.2. The fourth-order valence-corrected chi connectivity index (χ4v) is 6.21. The Labute approximate surface area is 190 Å². The first-order chi connectivity index (χ1) is 15.2. The zero-order valence-electron chi connectivity index (χ0n) is 19.0. The molecule has 1 atom stereocenters. The highest BCUT2D eigenvalue weighted by Crippen LogP contribution is 2.31. The molecule has 3 rings (SSSR count). The maximum Gasteiger partial charge on any atom is 0.247 e. The number of hydrogen-bond donors (Lipinski definition) is 1. The third-order valence-corrected chi connectivity index (χ3v) is 8.38. The van der Waals surface area contributed by atoms with E-state index in [0.717, 1.165) is 42.8 Å². The van der Waals surface area contributed by atoms with Crippen molar-refractivity contribution >= 4 is 27.5 Å². The fraction of sp³-hybridized carbons (Fsp3) is 0.652. The molecule has 9 heteroatoms. The third-order valence-electron chi connectivity index (χ3n) is 6.41. The van der Waals surface area contributed by atoms with E-state index < -0.39 is 27.3 Å². The molecule has 1 saturated carbocycles. The number of amides is 2. The van der Waals surface area contributed by atoms with Gasteiger partial charge in [-0.2, -0.15) is 4.31 Å². The number of nitrogens with zero attached hydrogens (tertiary/aromatic N) is 2. The monoisotopic (exact) mass is 467 g/mol.